The van der Waals surface area contributed by atoms with Crippen LogP contribution in [0, 0.1) is 6.92 Å². The topological polar surface area (TPSA) is 46.2 Å². The van der Waals surface area contributed by atoms with Gasteiger partial charge in [-0.2, -0.15) is 19.6 Å². The van der Waals surface area contributed by atoms with Gasteiger partial charge in [0.1, 0.15) is 5.75 Å². The van der Waals surface area contributed by atoms with Crippen molar-refractivity contribution in [2.75, 3.05) is 7.11 Å². The fourth-order valence-electron chi connectivity index (χ4n) is 1.94. The molecule has 110 valence electrons. The summed E-state index contributed by atoms with van der Waals surface area (Å²) in [4.78, 5) is 21.0. The van der Waals surface area contributed by atoms with Crippen molar-refractivity contribution in [3.05, 3.63) is 65.2 Å². The molecule has 0 amide bonds. The zero-order chi connectivity index (χ0) is 14.7. The van der Waals surface area contributed by atoms with E-state index >= 15 is 0 Å². The van der Waals surface area contributed by atoms with Crippen LogP contribution in [-0.4, -0.2) is 7.11 Å². The highest BCUT2D eigenvalue weighted by Gasteiger charge is 2.28. The minimum Gasteiger partial charge on any atom is -0.497 e. The quantitative estimate of drug-likeness (QED) is 0.807. The molecule has 1 aliphatic heterocycles. The molecule has 21 heavy (non-hydrogen) atoms. The Hall–Kier alpha value is -1.92. The van der Waals surface area contributed by atoms with Crippen molar-refractivity contribution < 1.29 is 24.3 Å². The van der Waals surface area contributed by atoms with Crippen LogP contribution in [-0.2, 0) is 19.6 Å². The molecule has 2 aromatic rings. The second-order valence-corrected chi connectivity index (χ2v) is 4.73. The van der Waals surface area contributed by atoms with Crippen molar-refractivity contribution in [1.29, 1.82) is 0 Å². The molecule has 0 saturated carbocycles. The van der Waals surface area contributed by atoms with Crippen LogP contribution in [0.15, 0.2) is 48.5 Å². The third-order valence-electron chi connectivity index (χ3n) is 3.20. The Balaban J connectivity index is 1.62. The van der Waals surface area contributed by atoms with E-state index in [1.165, 1.54) is 0 Å². The Morgan fingerprint density at radius 2 is 1.14 bits per heavy atom. The molecule has 0 bridgehead atoms. The van der Waals surface area contributed by atoms with Crippen molar-refractivity contribution in [1.82, 2.24) is 0 Å². The highest BCUT2D eigenvalue weighted by atomic mass is 17.4. The summed E-state index contributed by atoms with van der Waals surface area (Å²) in [5, 5.41) is 0. The Labute approximate surface area is 122 Å². The highest BCUT2D eigenvalue weighted by molar-refractivity contribution is 5.27. The first-order chi connectivity index (χ1) is 10.3. The molecule has 1 aliphatic rings. The lowest BCUT2D eigenvalue weighted by Crippen LogP contribution is -2.22. The first kappa shape index (κ1) is 14.0. The monoisotopic (exact) mass is 288 g/mol. The maximum atomic E-state index is 5.25. The van der Waals surface area contributed by atoms with Gasteiger partial charge in [0.25, 0.3) is 0 Å². The SMILES string of the molecule is COc1ccc(C2OOC(c3ccc(C)cc3)OO2)cc1. The Morgan fingerprint density at radius 1 is 0.714 bits per heavy atom. The van der Waals surface area contributed by atoms with E-state index < -0.39 is 12.6 Å². The number of benzene rings is 2. The summed E-state index contributed by atoms with van der Waals surface area (Å²) < 4.78 is 5.10. The fraction of sp³-hybridized carbons (Fsp3) is 0.250. The van der Waals surface area contributed by atoms with Gasteiger partial charge >= 0.3 is 0 Å². The van der Waals surface area contributed by atoms with Crippen LogP contribution in [0.4, 0.5) is 0 Å². The van der Waals surface area contributed by atoms with Gasteiger partial charge in [0.05, 0.1) is 7.11 Å². The summed E-state index contributed by atoms with van der Waals surface area (Å²) in [5.41, 5.74) is 2.76. The maximum Gasteiger partial charge on any atom is 0.249 e. The molecule has 1 heterocycles. The normalized spacial score (nSPS) is 22.0. The van der Waals surface area contributed by atoms with Gasteiger partial charge in [-0.05, 0) is 19.1 Å². The van der Waals surface area contributed by atoms with Gasteiger partial charge in [0.15, 0.2) is 0 Å². The third kappa shape index (κ3) is 3.22. The predicted octanol–water partition coefficient (Wildman–Crippen LogP) is 3.61. The second-order valence-electron chi connectivity index (χ2n) is 4.73. The molecule has 0 radical (unpaired) electrons. The van der Waals surface area contributed by atoms with Gasteiger partial charge in [-0.15, -0.1) is 0 Å². The van der Waals surface area contributed by atoms with Gasteiger partial charge in [0.2, 0.25) is 12.6 Å². The number of ether oxygens (including phenoxy) is 1. The van der Waals surface area contributed by atoms with Crippen LogP contribution in [0.3, 0.4) is 0 Å². The molecule has 0 aliphatic carbocycles. The molecule has 0 atom stereocenters. The molecule has 1 fully saturated rings. The van der Waals surface area contributed by atoms with E-state index in [1.807, 2.05) is 55.5 Å². The van der Waals surface area contributed by atoms with Gasteiger partial charge in [-0.25, -0.2) is 0 Å². The number of methoxy groups -OCH3 is 1. The minimum absolute atomic E-state index is 0.694. The lowest BCUT2D eigenvalue weighted by atomic mass is 10.1. The van der Waals surface area contributed by atoms with Crippen molar-refractivity contribution in [3.8, 4) is 5.75 Å². The van der Waals surface area contributed by atoms with Gasteiger partial charge in [0, 0.05) is 11.1 Å². The van der Waals surface area contributed by atoms with Crippen LogP contribution in [0.2, 0.25) is 0 Å². The minimum atomic E-state index is -0.724. The summed E-state index contributed by atoms with van der Waals surface area (Å²) in [7, 11) is 1.61. The average molecular weight is 288 g/mol. The number of rotatable bonds is 3. The molecule has 0 N–H and O–H groups in total. The molecule has 0 aromatic heterocycles. The highest BCUT2D eigenvalue weighted by Crippen LogP contribution is 2.32. The molecule has 0 unspecified atom stereocenters. The summed E-state index contributed by atoms with van der Waals surface area (Å²) in [5.74, 6) is 0.758. The van der Waals surface area contributed by atoms with E-state index in [4.69, 9.17) is 24.3 Å². The van der Waals surface area contributed by atoms with E-state index in [-0.39, 0.29) is 0 Å². The van der Waals surface area contributed by atoms with Crippen molar-refractivity contribution in [2.24, 2.45) is 0 Å². The molecular formula is C16H16O5. The van der Waals surface area contributed by atoms with E-state index in [0.29, 0.717) is 0 Å². The van der Waals surface area contributed by atoms with Gasteiger partial charge < -0.3 is 4.74 Å². The Bertz CT molecular complexity index is 571. The van der Waals surface area contributed by atoms with Gasteiger partial charge in [-0.3, -0.25) is 0 Å². The lowest BCUT2D eigenvalue weighted by Gasteiger charge is -2.27. The lowest BCUT2D eigenvalue weighted by molar-refractivity contribution is -0.600. The number of aryl methyl sites for hydroxylation is 1. The Kier molecular flexibility index (Phi) is 4.17. The predicted molar refractivity (Wildman–Crippen MR) is 74.0 cm³/mol. The van der Waals surface area contributed by atoms with Crippen LogP contribution < -0.4 is 4.74 Å². The first-order valence-corrected chi connectivity index (χ1v) is 6.61. The average Bonchev–Trinajstić information content (AvgIpc) is 2.56. The largest absolute Gasteiger partial charge is 0.497 e. The van der Waals surface area contributed by atoms with E-state index in [9.17, 15) is 0 Å². The van der Waals surface area contributed by atoms with Gasteiger partial charge in [-0.1, -0.05) is 42.0 Å². The summed E-state index contributed by atoms with van der Waals surface area (Å²) in [6.45, 7) is 2.01. The van der Waals surface area contributed by atoms with Crippen LogP contribution in [0.25, 0.3) is 0 Å². The van der Waals surface area contributed by atoms with Crippen molar-refractivity contribution in [3.63, 3.8) is 0 Å². The standard InChI is InChI=1S/C16H16O5/c1-11-3-5-12(6-4-11)15-18-20-16(21-19-15)13-7-9-14(17-2)10-8-13/h3-10,15-16H,1-2H3. The van der Waals surface area contributed by atoms with Crippen LogP contribution in [0.1, 0.15) is 29.3 Å². The van der Waals surface area contributed by atoms with E-state index in [2.05, 4.69) is 0 Å². The third-order valence-corrected chi connectivity index (χ3v) is 3.20. The zero-order valence-electron chi connectivity index (χ0n) is 11.8. The molecular weight excluding hydrogens is 272 g/mol. The van der Waals surface area contributed by atoms with Crippen molar-refractivity contribution in [2.45, 2.75) is 19.5 Å². The second kappa shape index (κ2) is 6.24. The molecule has 1 saturated heterocycles. The molecule has 2 aromatic carbocycles. The Morgan fingerprint density at radius 3 is 1.57 bits per heavy atom. The van der Waals surface area contributed by atoms with Crippen LogP contribution >= 0.6 is 0 Å². The smallest absolute Gasteiger partial charge is 0.249 e. The maximum absolute atomic E-state index is 5.25. The summed E-state index contributed by atoms with van der Waals surface area (Å²) in [6, 6.07) is 15.0. The fourth-order valence-corrected chi connectivity index (χ4v) is 1.94. The summed E-state index contributed by atoms with van der Waals surface area (Å²) in [6.07, 6.45) is -1.42. The first-order valence-electron chi connectivity index (χ1n) is 6.61. The van der Waals surface area contributed by atoms with Crippen LogP contribution in [0.5, 0.6) is 5.75 Å². The zero-order valence-corrected chi connectivity index (χ0v) is 11.8. The number of hydrogen-bond donors (Lipinski definition) is 0. The summed E-state index contributed by atoms with van der Waals surface area (Å²) >= 11 is 0. The number of hydrogen-bond acceptors (Lipinski definition) is 5. The molecule has 5 nitrogen and oxygen atoms in total. The van der Waals surface area contributed by atoms with Crippen molar-refractivity contribution >= 4 is 0 Å². The molecule has 0 spiro atoms. The molecule has 5 heteroatoms. The van der Waals surface area contributed by atoms with E-state index in [1.54, 1.807) is 7.11 Å². The molecule has 3 rings (SSSR count). The van der Waals surface area contributed by atoms with E-state index in [0.717, 1.165) is 22.4 Å².